The number of aromatic amines is 1. The zero-order valence-electron chi connectivity index (χ0n) is 11.2. The molecule has 5 heteroatoms. The van der Waals surface area contributed by atoms with E-state index in [1.807, 2.05) is 30.3 Å². The number of nitrogens with zero attached hydrogens (tertiary/aromatic N) is 1. The number of aromatic nitrogens is 2. The number of H-pyrrole nitrogens is 1. The molecule has 1 fully saturated rings. The molecule has 0 bridgehead atoms. The Morgan fingerprint density at radius 3 is 2.80 bits per heavy atom. The van der Waals surface area contributed by atoms with Gasteiger partial charge in [-0.2, -0.15) is 5.10 Å². The highest BCUT2D eigenvalue weighted by atomic mass is 16.1. The van der Waals surface area contributed by atoms with Gasteiger partial charge in [0.2, 0.25) is 5.91 Å². The molecule has 104 valence electrons. The summed E-state index contributed by atoms with van der Waals surface area (Å²) in [6.45, 7) is 1.98. The summed E-state index contributed by atoms with van der Waals surface area (Å²) in [4.78, 5) is 11.9. The van der Waals surface area contributed by atoms with Crippen LogP contribution in [0.2, 0.25) is 0 Å². The van der Waals surface area contributed by atoms with Gasteiger partial charge < -0.3 is 10.6 Å². The minimum atomic E-state index is 0.0907. The second-order valence-electron chi connectivity index (χ2n) is 5.16. The normalized spacial score (nSPS) is 18.1. The fraction of sp³-hybridized carbons (Fsp3) is 0.333. The number of rotatable bonds is 4. The topological polar surface area (TPSA) is 69.8 Å². The van der Waals surface area contributed by atoms with Gasteiger partial charge in [0.1, 0.15) is 0 Å². The molecule has 1 aromatic heterocycles. The van der Waals surface area contributed by atoms with Crippen molar-refractivity contribution < 1.29 is 4.79 Å². The van der Waals surface area contributed by atoms with Crippen LogP contribution in [0.1, 0.15) is 12.8 Å². The van der Waals surface area contributed by atoms with E-state index in [0.29, 0.717) is 12.3 Å². The average molecular weight is 270 g/mol. The third-order valence-corrected chi connectivity index (χ3v) is 3.62. The Hall–Kier alpha value is -2.14. The standard InChI is InChI=1S/C15H18N4O/c20-15(9-11-5-7-16-10-11)18-13-3-1-12(2-4-13)14-6-8-17-19-14/h1-4,6,8,11,16H,5,7,9-10H2,(H,17,19)(H,18,20). The molecule has 20 heavy (non-hydrogen) atoms. The second kappa shape index (κ2) is 5.88. The van der Waals surface area contributed by atoms with Crippen molar-refractivity contribution in [2.75, 3.05) is 18.4 Å². The van der Waals surface area contributed by atoms with E-state index in [9.17, 15) is 4.79 Å². The van der Waals surface area contributed by atoms with E-state index in [0.717, 1.165) is 36.5 Å². The highest BCUT2D eigenvalue weighted by Crippen LogP contribution is 2.19. The van der Waals surface area contributed by atoms with Crippen molar-refractivity contribution in [1.82, 2.24) is 15.5 Å². The van der Waals surface area contributed by atoms with Gasteiger partial charge in [0.25, 0.3) is 0 Å². The molecule has 3 N–H and O–H groups in total. The van der Waals surface area contributed by atoms with Gasteiger partial charge in [-0.1, -0.05) is 12.1 Å². The lowest BCUT2D eigenvalue weighted by molar-refractivity contribution is -0.116. The number of carbonyl (C=O) groups is 1. The first kappa shape index (κ1) is 12.9. The van der Waals surface area contributed by atoms with Gasteiger partial charge in [-0.25, -0.2) is 0 Å². The van der Waals surface area contributed by atoms with E-state index in [1.54, 1.807) is 6.20 Å². The van der Waals surface area contributed by atoms with Crippen molar-refractivity contribution in [3.63, 3.8) is 0 Å². The molecular weight excluding hydrogens is 252 g/mol. The van der Waals surface area contributed by atoms with Gasteiger partial charge in [-0.3, -0.25) is 9.89 Å². The quantitative estimate of drug-likeness (QED) is 0.796. The fourth-order valence-corrected chi connectivity index (χ4v) is 2.51. The summed E-state index contributed by atoms with van der Waals surface area (Å²) >= 11 is 0. The Morgan fingerprint density at radius 2 is 2.15 bits per heavy atom. The van der Waals surface area contributed by atoms with Crippen molar-refractivity contribution in [2.24, 2.45) is 5.92 Å². The Kier molecular flexibility index (Phi) is 3.78. The number of benzene rings is 1. The number of hydrogen-bond donors (Lipinski definition) is 3. The van der Waals surface area contributed by atoms with E-state index < -0.39 is 0 Å². The molecule has 0 spiro atoms. The van der Waals surface area contributed by atoms with Crippen molar-refractivity contribution in [3.8, 4) is 11.3 Å². The Morgan fingerprint density at radius 1 is 1.30 bits per heavy atom. The Balaban J connectivity index is 1.59. The number of amides is 1. The third kappa shape index (κ3) is 3.05. The minimum Gasteiger partial charge on any atom is -0.326 e. The van der Waals surface area contributed by atoms with Crippen LogP contribution in [0.3, 0.4) is 0 Å². The molecule has 5 nitrogen and oxygen atoms in total. The Bertz CT molecular complexity index is 556. The lowest BCUT2D eigenvalue weighted by atomic mass is 10.0. The minimum absolute atomic E-state index is 0.0907. The van der Waals surface area contributed by atoms with E-state index in [2.05, 4.69) is 20.8 Å². The summed E-state index contributed by atoms with van der Waals surface area (Å²) < 4.78 is 0. The monoisotopic (exact) mass is 270 g/mol. The smallest absolute Gasteiger partial charge is 0.224 e. The molecule has 0 saturated carbocycles. The van der Waals surface area contributed by atoms with Crippen molar-refractivity contribution in [2.45, 2.75) is 12.8 Å². The molecule has 2 aromatic rings. The van der Waals surface area contributed by atoms with Gasteiger partial charge in [-0.15, -0.1) is 0 Å². The SMILES string of the molecule is O=C(CC1CCNC1)Nc1ccc(-c2ccn[nH]2)cc1. The van der Waals surface area contributed by atoms with E-state index in [4.69, 9.17) is 0 Å². The summed E-state index contributed by atoms with van der Waals surface area (Å²) in [6.07, 6.45) is 3.40. The van der Waals surface area contributed by atoms with Crippen LogP contribution < -0.4 is 10.6 Å². The molecular formula is C15H18N4O. The van der Waals surface area contributed by atoms with Gasteiger partial charge in [0.15, 0.2) is 0 Å². The third-order valence-electron chi connectivity index (χ3n) is 3.62. The zero-order valence-corrected chi connectivity index (χ0v) is 11.2. The molecule has 0 radical (unpaired) electrons. The van der Waals surface area contributed by atoms with Gasteiger partial charge >= 0.3 is 0 Å². The number of anilines is 1. The van der Waals surface area contributed by atoms with Crippen molar-refractivity contribution in [1.29, 1.82) is 0 Å². The highest BCUT2D eigenvalue weighted by Gasteiger charge is 2.17. The van der Waals surface area contributed by atoms with Crippen LogP contribution in [0.15, 0.2) is 36.5 Å². The van der Waals surface area contributed by atoms with E-state index in [1.165, 1.54) is 0 Å². The lowest BCUT2D eigenvalue weighted by Gasteiger charge is -2.09. The summed E-state index contributed by atoms with van der Waals surface area (Å²) in [5.41, 5.74) is 2.87. The molecule has 1 aliphatic heterocycles. The number of hydrogen-bond acceptors (Lipinski definition) is 3. The van der Waals surface area contributed by atoms with Crippen LogP contribution in [0.4, 0.5) is 5.69 Å². The second-order valence-corrected chi connectivity index (χ2v) is 5.16. The predicted molar refractivity (Wildman–Crippen MR) is 78.2 cm³/mol. The van der Waals surface area contributed by atoms with Crippen LogP contribution in [0, 0.1) is 5.92 Å². The number of carbonyl (C=O) groups excluding carboxylic acids is 1. The molecule has 3 rings (SSSR count). The fourth-order valence-electron chi connectivity index (χ4n) is 2.51. The molecule has 0 aliphatic carbocycles. The summed E-state index contributed by atoms with van der Waals surface area (Å²) in [5, 5.41) is 13.1. The van der Waals surface area contributed by atoms with Crippen LogP contribution in [0.5, 0.6) is 0 Å². The van der Waals surface area contributed by atoms with E-state index >= 15 is 0 Å². The van der Waals surface area contributed by atoms with E-state index in [-0.39, 0.29) is 5.91 Å². The van der Waals surface area contributed by atoms with Gasteiger partial charge in [0, 0.05) is 18.3 Å². The first-order valence-corrected chi connectivity index (χ1v) is 6.91. The molecule has 1 unspecified atom stereocenters. The van der Waals surface area contributed by atoms with Crippen LogP contribution in [-0.2, 0) is 4.79 Å². The molecule has 1 atom stereocenters. The Labute approximate surface area is 117 Å². The first-order chi connectivity index (χ1) is 9.81. The number of nitrogens with one attached hydrogen (secondary N) is 3. The van der Waals surface area contributed by atoms with Crippen molar-refractivity contribution in [3.05, 3.63) is 36.5 Å². The summed E-state index contributed by atoms with van der Waals surface area (Å²) in [7, 11) is 0. The molecule has 1 aromatic carbocycles. The maximum atomic E-state index is 11.9. The zero-order chi connectivity index (χ0) is 13.8. The predicted octanol–water partition coefficient (Wildman–Crippen LogP) is 2.01. The maximum Gasteiger partial charge on any atom is 0.224 e. The molecule has 1 saturated heterocycles. The lowest BCUT2D eigenvalue weighted by Crippen LogP contribution is -2.18. The summed E-state index contributed by atoms with van der Waals surface area (Å²) in [5.74, 6) is 0.562. The molecule has 2 heterocycles. The van der Waals surface area contributed by atoms with Crippen molar-refractivity contribution >= 4 is 11.6 Å². The average Bonchev–Trinajstić information content (AvgIpc) is 3.12. The van der Waals surface area contributed by atoms with Crippen LogP contribution >= 0.6 is 0 Å². The van der Waals surface area contributed by atoms with Gasteiger partial charge in [-0.05, 0) is 49.2 Å². The van der Waals surface area contributed by atoms with Crippen LogP contribution in [-0.4, -0.2) is 29.2 Å². The van der Waals surface area contributed by atoms with Gasteiger partial charge in [0.05, 0.1) is 5.69 Å². The maximum absolute atomic E-state index is 11.9. The highest BCUT2D eigenvalue weighted by molar-refractivity contribution is 5.91. The van der Waals surface area contributed by atoms with Crippen LogP contribution in [0.25, 0.3) is 11.3 Å². The first-order valence-electron chi connectivity index (χ1n) is 6.91. The summed E-state index contributed by atoms with van der Waals surface area (Å²) in [6, 6.07) is 9.70. The molecule has 1 amide bonds. The molecule has 1 aliphatic rings. The largest absolute Gasteiger partial charge is 0.326 e.